The third-order valence-electron chi connectivity index (χ3n) is 6.67. The molecule has 39 heavy (non-hydrogen) atoms. The van der Waals surface area contributed by atoms with E-state index in [1.807, 2.05) is 72.9 Å². The lowest BCUT2D eigenvalue weighted by atomic mass is 10.0. The number of aromatic nitrogens is 4. The van der Waals surface area contributed by atoms with Crippen LogP contribution in [0.15, 0.2) is 91.3 Å². The number of H-pyrrole nitrogens is 1. The number of hydrogen-bond donors (Lipinski definition) is 2. The number of alkyl halides is 1. The Kier molecular flexibility index (Phi) is 7.77. The smallest absolute Gasteiger partial charge is 0.251 e. The summed E-state index contributed by atoms with van der Waals surface area (Å²) in [4.78, 5) is 31.6. The predicted octanol–water partition coefficient (Wildman–Crippen LogP) is 5.03. The zero-order chi connectivity index (χ0) is 27.2. The van der Waals surface area contributed by atoms with Crippen molar-refractivity contribution in [2.45, 2.75) is 25.3 Å². The summed E-state index contributed by atoms with van der Waals surface area (Å²) in [6.45, 7) is -0.394. The maximum Gasteiger partial charge on any atom is 0.251 e. The molecule has 0 saturated heterocycles. The molecule has 3 aromatic carbocycles. The molecule has 2 heterocycles. The molecule has 2 aromatic heterocycles. The highest BCUT2D eigenvalue weighted by Crippen LogP contribution is 2.25. The molecule has 0 aliphatic carbocycles. The second-order valence-corrected chi connectivity index (χ2v) is 9.34. The maximum absolute atomic E-state index is 13.6. The molecule has 0 fully saturated rings. The minimum absolute atomic E-state index is 0.164. The van der Waals surface area contributed by atoms with E-state index in [0.29, 0.717) is 24.1 Å². The summed E-state index contributed by atoms with van der Waals surface area (Å²) < 4.78 is 14.1. The second-order valence-electron chi connectivity index (χ2n) is 9.34. The fraction of sp³-hybridized carbons (Fsp3) is 0.200. The number of nitrogens with one attached hydrogen (secondary N) is 2. The van der Waals surface area contributed by atoms with E-state index in [9.17, 15) is 14.0 Å². The van der Waals surface area contributed by atoms with Crippen molar-refractivity contribution in [1.29, 1.82) is 0 Å². The number of aryl methyl sites for hydroxylation is 1. The third-order valence-corrected chi connectivity index (χ3v) is 6.67. The Morgan fingerprint density at radius 2 is 1.77 bits per heavy atom. The number of amides is 2. The molecule has 1 atom stereocenters. The molecule has 9 heteroatoms. The van der Waals surface area contributed by atoms with Crippen LogP contribution in [0.2, 0.25) is 0 Å². The number of para-hydroxylation sites is 1. The molecule has 0 bridgehead atoms. The molecule has 0 aliphatic rings. The van der Waals surface area contributed by atoms with Crippen LogP contribution in [0.4, 0.5) is 10.1 Å². The monoisotopic (exact) mass is 524 g/mol. The average molecular weight is 525 g/mol. The number of anilines is 1. The van der Waals surface area contributed by atoms with Crippen LogP contribution < -0.4 is 5.32 Å². The van der Waals surface area contributed by atoms with Gasteiger partial charge < -0.3 is 15.2 Å². The Labute approximate surface area is 225 Å². The SMILES string of the molecule is CN(C(=O)Cc1c[nH]c2ccccc12)[C@H](C(=O)Nc1ccc(-n2cc(CCCF)nn2)cc1)c1ccccc1. The number of benzene rings is 3. The number of carbonyl (C=O) groups excluding carboxylic acids is 2. The number of likely N-dealkylation sites (N-methyl/N-ethyl adjacent to an activating group) is 1. The van der Waals surface area contributed by atoms with Gasteiger partial charge in [-0.15, -0.1) is 5.10 Å². The van der Waals surface area contributed by atoms with Gasteiger partial charge >= 0.3 is 0 Å². The molecule has 2 N–H and O–H groups in total. The van der Waals surface area contributed by atoms with Crippen molar-refractivity contribution in [3.05, 3.63) is 108 Å². The number of aromatic amines is 1. The number of fused-ring (bicyclic) bond motifs is 1. The molecule has 0 saturated carbocycles. The topological polar surface area (TPSA) is 95.9 Å². The molecule has 0 radical (unpaired) electrons. The minimum atomic E-state index is -0.822. The molecule has 0 unspecified atom stereocenters. The second kappa shape index (κ2) is 11.7. The van der Waals surface area contributed by atoms with Crippen molar-refractivity contribution in [3.63, 3.8) is 0 Å². The number of rotatable bonds is 10. The third kappa shape index (κ3) is 5.87. The molecule has 5 rings (SSSR count). The first-order chi connectivity index (χ1) is 19.0. The van der Waals surface area contributed by atoms with Crippen molar-refractivity contribution in [2.24, 2.45) is 0 Å². The Hall–Kier alpha value is -4.79. The van der Waals surface area contributed by atoms with Crippen molar-refractivity contribution in [1.82, 2.24) is 24.9 Å². The fourth-order valence-electron chi connectivity index (χ4n) is 4.59. The lowest BCUT2D eigenvalue weighted by Crippen LogP contribution is -2.39. The number of carbonyl (C=O) groups is 2. The van der Waals surface area contributed by atoms with Crippen molar-refractivity contribution < 1.29 is 14.0 Å². The highest BCUT2D eigenvalue weighted by atomic mass is 19.1. The van der Waals surface area contributed by atoms with Gasteiger partial charge in [0.2, 0.25) is 5.91 Å². The quantitative estimate of drug-likeness (QED) is 0.268. The van der Waals surface area contributed by atoms with E-state index in [1.165, 1.54) is 4.90 Å². The van der Waals surface area contributed by atoms with E-state index < -0.39 is 12.7 Å². The van der Waals surface area contributed by atoms with Gasteiger partial charge in [0.25, 0.3) is 5.91 Å². The van der Waals surface area contributed by atoms with Gasteiger partial charge in [0.05, 0.1) is 30.7 Å². The minimum Gasteiger partial charge on any atom is -0.361 e. The van der Waals surface area contributed by atoms with E-state index in [2.05, 4.69) is 20.6 Å². The van der Waals surface area contributed by atoms with Gasteiger partial charge in [-0.1, -0.05) is 53.7 Å². The maximum atomic E-state index is 13.6. The molecule has 198 valence electrons. The van der Waals surface area contributed by atoms with Crippen molar-refractivity contribution in [3.8, 4) is 5.69 Å². The Bertz CT molecular complexity index is 1560. The molecular weight excluding hydrogens is 495 g/mol. The summed E-state index contributed by atoms with van der Waals surface area (Å²) in [5, 5.41) is 12.1. The van der Waals surface area contributed by atoms with Gasteiger partial charge in [0.1, 0.15) is 6.04 Å². The van der Waals surface area contributed by atoms with Gasteiger partial charge in [0, 0.05) is 29.8 Å². The van der Waals surface area contributed by atoms with Gasteiger partial charge in [-0.25, -0.2) is 4.68 Å². The average Bonchev–Trinajstić information content (AvgIpc) is 3.60. The largest absolute Gasteiger partial charge is 0.361 e. The summed E-state index contributed by atoms with van der Waals surface area (Å²) in [7, 11) is 1.66. The van der Waals surface area contributed by atoms with Crippen molar-refractivity contribution in [2.75, 3.05) is 19.0 Å². The lowest BCUT2D eigenvalue weighted by molar-refractivity contribution is -0.136. The van der Waals surface area contributed by atoms with Crippen LogP contribution >= 0.6 is 0 Å². The molecular formula is C30H29FN6O2. The van der Waals surface area contributed by atoms with Gasteiger partial charge in [0.15, 0.2) is 0 Å². The van der Waals surface area contributed by atoms with E-state index in [4.69, 9.17) is 0 Å². The van der Waals surface area contributed by atoms with Gasteiger partial charge in [-0.2, -0.15) is 0 Å². The Morgan fingerprint density at radius 3 is 2.54 bits per heavy atom. The van der Waals surface area contributed by atoms with Crippen LogP contribution in [0, 0.1) is 0 Å². The molecule has 0 aliphatic heterocycles. The predicted molar refractivity (Wildman–Crippen MR) is 148 cm³/mol. The fourth-order valence-corrected chi connectivity index (χ4v) is 4.59. The first kappa shape index (κ1) is 25.8. The molecule has 8 nitrogen and oxygen atoms in total. The molecule has 2 amide bonds. The first-order valence-electron chi connectivity index (χ1n) is 12.8. The van der Waals surface area contributed by atoms with Crippen LogP contribution in [-0.2, 0) is 22.4 Å². The zero-order valence-electron chi connectivity index (χ0n) is 21.5. The van der Waals surface area contributed by atoms with E-state index in [-0.39, 0.29) is 18.2 Å². The zero-order valence-corrected chi connectivity index (χ0v) is 21.5. The van der Waals surface area contributed by atoms with Crippen LogP contribution in [0.3, 0.4) is 0 Å². The van der Waals surface area contributed by atoms with E-state index in [1.54, 1.807) is 30.1 Å². The molecule has 5 aromatic rings. The number of nitrogens with zero attached hydrogens (tertiary/aromatic N) is 4. The Morgan fingerprint density at radius 1 is 1.03 bits per heavy atom. The lowest BCUT2D eigenvalue weighted by Gasteiger charge is -2.28. The van der Waals surface area contributed by atoms with Crippen LogP contribution in [0.5, 0.6) is 0 Å². The van der Waals surface area contributed by atoms with E-state index >= 15 is 0 Å². The summed E-state index contributed by atoms with van der Waals surface area (Å²) in [6, 6.07) is 23.4. The summed E-state index contributed by atoms with van der Waals surface area (Å²) >= 11 is 0. The summed E-state index contributed by atoms with van der Waals surface area (Å²) in [5.74, 6) is -0.494. The Balaban J connectivity index is 1.32. The number of halogens is 1. The van der Waals surface area contributed by atoms with E-state index in [0.717, 1.165) is 27.8 Å². The van der Waals surface area contributed by atoms with Crippen LogP contribution in [0.25, 0.3) is 16.6 Å². The van der Waals surface area contributed by atoms with Crippen molar-refractivity contribution >= 4 is 28.4 Å². The standard InChI is InChI=1S/C30H29FN6O2/c1-36(28(38)18-22-19-32-27-12-6-5-11-26(22)27)29(21-8-3-2-4-9-21)30(39)33-23-13-15-25(16-14-23)37-20-24(34-35-37)10-7-17-31/h2-6,8-9,11-16,19-20,29,32H,7,10,17-18H2,1H3,(H,33,39)/t29-/m0/s1. The highest BCUT2D eigenvalue weighted by molar-refractivity contribution is 5.98. The van der Waals surface area contributed by atoms with Gasteiger partial charge in [-0.05, 0) is 54.3 Å². The highest BCUT2D eigenvalue weighted by Gasteiger charge is 2.29. The normalized spacial score (nSPS) is 11.8. The first-order valence-corrected chi connectivity index (χ1v) is 12.8. The van der Waals surface area contributed by atoms with Gasteiger partial charge in [-0.3, -0.25) is 14.0 Å². The molecule has 0 spiro atoms. The summed E-state index contributed by atoms with van der Waals surface area (Å²) in [5.41, 5.74) is 4.62. The van der Waals surface area contributed by atoms with Crippen LogP contribution in [0.1, 0.15) is 29.3 Å². The van der Waals surface area contributed by atoms with Crippen LogP contribution in [-0.4, -0.2) is 50.4 Å². The number of hydrogen-bond acceptors (Lipinski definition) is 4. The summed E-state index contributed by atoms with van der Waals surface area (Å²) in [6.07, 6.45) is 4.71.